The van der Waals surface area contributed by atoms with Crippen molar-refractivity contribution in [2.75, 3.05) is 5.32 Å². The van der Waals surface area contributed by atoms with Crippen LogP contribution in [0.2, 0.25) is 0 Å². The van der Waals surface area contributed by atoms with E-state index in [4.69, 9.17) is 5.26 Å². The first-order chi connectivity index (χ1) is 10.9. The summed E-state index contributed by atoms with van der Waals surface area (Å²) in [6.07, 6.45) is 0. The summed E-state index contributed by atoms with van der Waals surface area (Å²) in [5.41, 5.74) is 1.82. The lowest BCUT2D eigenvalue weighted by atomic mass is 9.97. The van der Waals surface area contributed by atoms with Crippen molar-refractivity contribution < 1.29 is 14.0 Å². The molecule has 1 N–H and O–H groups in total. The van der Waals surface area contributed by atoms with Crippen LogP contribution in [0.15, 0.2) is 42.5 Å². The number of nitrogens with zero attached hydrogens (tertiary/aromatic N) is 1. The number of Topliss-reactive ketones (excluding diaryl/α,β-unsaturated/α-hetero) is 1. The van der Waals surface area contributed by atoms with Gasteiger partial charge in [0.25, 0.3) is 0 Å². The Balaban J connectivity index is 2.21. The van der Waals surface area contributed by atoms with E-state index in [2.05, 4.69) is 5.32 Å². The molecule has 2 rings (SSSR count). The maximum absolute atomic E-state index is 13.6. The van der Waals surface area contributed by atoms with Crippen LogP contribution in [0.5, 0.6) is 0 Å². The molecule has 0 heterocycles. The summed E-state index contributed by atoms with van der Waals surface area (Å²) in [5.74, 6) is -3.54. The van der Waals surface area contributed by atoms with Gasteiger partial charge in [-0.1, -0.05) is 24.3 Å². The standard InChI is InChI=1S/C18H15FN2O2/c1-11-4-3-5-14(8-11)21-18(23)15(10-20)17(22)13-7-6-12(2)16(19)9-13/h3-9,15H,1-2H3,(H,21,23). The third kappa shape index (κ3) is 3.80. The highest BCUT2D eigenvalue weighted by atomic mass is 19.1. The second-order valence-electron chi connectivity index (χ2n) is 5.25. The van der Waals surface area contributed by atoms with Crippen LogP contribution in [0.3, 0.4) is 0 Å². The Morgan fingerprint density at radius 2 is 1.91 bits per heavy atom. The van der Waals surface area contributed by atoms with Gasteiger partial charge in [-0.3, -0.25) is 9.59 Å². The number of benzene rings is 2. The van der Waals surface area contributed by atoms with Gasteiger partial charge in [0.05, 0.1) is 6.07 Å². The lowest BCUT2D eigenvalue weighted by Gasteiger charge is -2.10. The molecule has 1 atom stereocenters. The normalized spacial score (nSPS) is 11.4. The third-order valence-electron chi connectivity index (χ3n) is 3.40. The summed E-state index contributed by atoms with van der Waals surface area (Å²) in [6, 6.07) is 12.6. The van der Waals surface area contributed by atoms with Gasteiger partial charge >= 0.3 is 0 Å². The lowest BCUT2D eigenvalue weighted by molar-refractivity contribution is -0.117. The van der Waals surface area contributed by atoms with Gasteiger partial charge in [-0.25, -0.2) is 4.39 Å². The molecule has 0 radical (unpaired) electrons. The van der Waals surface area contributed by atoms with Crippen LogP contribution in [0, 0.1) is 36.9 Å². The number of ketones is 1. The third-order valence-corrected chi connectivity index (χ3v) is 3.40. The van der Waals surface area contributed by atoms with Crippen LogP contribution in [-0.2, 0) is 4.79 Å². The molecule has 1 amide bonds. The van der Waals surface area contributed by atoms with Crippen molar-refractivity contribution >= 4 is 17.4 Å². The Morgan fingerprint density at radius 3 is 2.52 bits per heavy atom. The number of carbonyl (C=O) groups excluding carboxylic acids is 2. The molecule has 0 aliphatic rings. The van der Waals surface area contributed by atoms with Crippen molar-refractivity contribution in [1.29, 1.82) is 5.26 Å². The first-order valence-electron chi connectivity index (χ1n) is 7.00. The van der Waals surface area contributed by atoms with Gasteiger partial charge in [0, 0.05) is 11.3 Å². The lowest BCUT2D eigenvalue weighted by Crippen LogP contribution is -2.28. The maximum atomic E-state index is 13.6. The Kier molecular flexibility index (Phi) is 4.87. The van der Waals surface area contributed by atoms with E-state index in [1.54, 1.807) is 31.2 Å². The fourth-order valence-corrected chi connectivity index (χ4v) is 2.09. The number of hydrogen-bond donors (Lipinski definition) is 1. The largest absolute Gasteiger partial charge is 0.325 e. The van der Waals surface area contributed by atoms with Crippen LogP contribution in [0.1, 0.15) is 21.5 Å². The van der Waals surface area contributed by atoms with Crippen molar-refractivity contribution in [3.05, 3.63) is 65.0 Å². The van der Waals surface area contributed by atoms with Gasteiger partial charge in [0.15, 0.2) is 11.7 Å². The molecule has 0 aliphatic heterocycles. The Morgan fingerprint density at radius 1 is 1.17 bits per heavy atom. The second kappa shape index (κ2) is 6.84. The van der Waals surface area contributed by atoms with Gasteiger partial charge in [0.1, 0.15) is 5.82 Å². The number of amides is 1. The summed E-state index contributed by atoms with van der Waals surface area (Å²) in [4.78, 5) is 24.5. The Hall–Kier alpha value is -3.00. The number of rotatable bonds is 4. The topological polar surface area (TPSA) is 70.0 Å². The number of aryl methyl sites for hydroxylation is 2. The number of carbonyl (C=O) groups is 2. The van der Waals surface area contributed by atoms with Crippen LogP contribution in [-0.4, -0.2) is 11.7 Å². The molecule has 0 fully saturated rings. The first kappa shape index (κ1) is 16.4. The molecule has 2 aromatic rings. The molecule has 2 aromatic carbocycles. The molecule has 116 valence electrons. The summed E-state index contributed by atoms with van der Waals surface area (Å²) in [7, 11) is 0. The highest BCUT2D eigenvalue weighted by molar-refractivity contribution is 6.15. The van der Waals surface area contributed by atoms with Gasteiger partial charge < -0.3 is 5.32 Å². The number of halogens is 1. The molecule has 0 saturated carbocycles. The van der Waals surface area contributed by atoms with Crippen LogP contribution in [0.4, 0.5) is 10.1 Å². The summed E-state index contributed by atoms with van der Waals surface area (Å²) in [6.45, 7) is 3.42. The monoisotopic (exact) mass is 310 g/mol. The summed E-state index contributed by atoms with van der Waals surface area (Å²) < 4.78 is 13.6. The Labute approximate surface area is 133 Å². The quantitative estimate of drug-likeness (QED) is 0.695. The number of nitriles is 1. The van der Waals surface area contributed by atoms with Crippen LogP contribution < -0.4 is 5.32 Å². The Bertz CT molecular complexity index is 809. The smallest absolute Gasteiger partial charge is 0.249 e. The molecule has 0 bridgehead atoms. The minimum atomic E-state index is -1.53. The van der Waals surface area contributed by atoms with E-state index >= 15 is 0 Å². The fraction of sp³-hybridized carbons (Fsp3) is 0.167. The number of anilines is 1. The van der Waals surface area contributed by atoms with E-state index in [9.17, 15) is 14.0 Å². The summed E-state index contributed by atoms with van der Waals surface area (Å²) in [5, 5.41) is 11.7. The van der Waals surface area contributed by atoms with E-state index < -0.39 is 23.4 Å². The van der Waals surface area contributed by atoms with Crippen molar-refractivity contribution in [3.8, 4) is 6.07 Å². The summed E-state index contributed by atoms with van der Waals surface area (Å²) >= 11 is 0. The van der Waals surface area contributed by atoms with E-state index in [1.807, 2.05) is 13.0 Å². The van der Waals surface area contributed by atoms with Gasteiger partial charge in [-0.2, -0.15) is 5.26 Å². The van der Waals surface area contributed by atoms with Crippen LogP contribution >= 0.6 is 0 Å². The molecule has 0 spiro atoms. The molecule has 0 aliphatic carbocycles. The van der Waals surface area contributed by atoms with E-state index in [1.165, 1.54) is 12.1 Å². The van der Waals surface area contributed by atoms with Gasteiger partial charge in [-0.05, 0) is 43.2 Å². The van der Waals surface area contributed by atoms with Crippen molar-refractivity contribution in [2.45, 2.75) is 13.8 Å². The zero-order valence-electron chi connectivity index (χ0n) is 12.8. The van der Waals surface area contributed by atoms with E-state index in [0.717, 1.165) is 11.6 Å². The van der Waals surface area contributed by atoms with Gasteiger partial charge in [-0.15, -0.1) is 0 Å². The molecule has 0 saturated heterocycles. The van der Waals surface area contributed by atoms with Gasteiger partial charge in [0.2, 0.25) is 5.91 Å². The second-order valence-corrected chi connectivity index (χ2v) is 5.25. The number of nitrogens with one attached hydrogen (secondary N) is 1. The average Bonchev–Trinajstić information content (AvgIpc) is 2.50. The predicted octanol–water partition coefficient (Wildman–Crippen LogP) is 3.40. The SMILES string of the molecule is Cc1cccc(NC(=O)C(C#N)C(=O)c2ccc(C)c(F)c2)c1. The molecule has 1 unspecified atom stereocenters. The van der Waals surface area contributed by atoms with Crippen LogP contribution in [0.25, 0.3) is 0 Å². The molecule has 0 aromatic heterocycles. The predicted molar refractivity (Wildman–Crippen MR) is 84.4 cm³/mol. The first-order valence-corrected chi connectivity index (χ1v) is 7.00. The minimum Gasteiger partial charge on any atom is -0.325 e. The minimum absolute atomic E-state index is 0.000887. The zero-order chi connectivity index (χ0) is 17.0. The van der Waals surface area contributed by atoms with Crippen molar-refractivity contribution in [3.63, 3.8) is 0 Å². The maximum Gasteiger partial charge on any atom is 0.249 e. The van der Waals surface area contributed by atoms with Crippen molar-refractivity contribution in [2.24, 2.45) is 5.92 Å². The van der Waals surface area contributed by atoms with E-state index in [-0.39, 0.29) is 5.56 Å². The molecule has 5 heteroatoms. The molecular formula is C18H15FN2O2. The highest BCUT2D eigenvalue weighted by Gasteiger charge is 2.28. The zero-order valence-corrected chi connectivity index (χ0v) is 12.8. The average molecular weight is 310 g/mol. The highest BCUT2D eigenvalue weighted by Crippen LogP contribution is 2.16. The fourth-order valence-electron chi connectivity index (χ4n) is 2.09. The molecule has 4 nitrogen and oxygen atoms in total. The molecular weight excluding hydrogens is 295 g/mol. The molecule has 23 heavy (non-hydrogen) atoms. The van der Waals surface area contributed by atoms with E-state index in [0.29, 0.717) is 11.3 Å². The van der Waals surface area contributed by atoms with Crippen molar-refractivity contribution in [1.82, 2.24) is 0 Å². The number of hydrogen-bond acceptors (Lipinski definition) is 3.